The third-order valence-electron chi connectivity index (χ3n) is 3.37. The molecule has 0 fully saturated rings. The van der Waals surface area contributed by atoms with Crippen LogP contribution >= 0.6 is 11.8 Å². The molecular weight excluding hydrogens is 413 g/mol. The number of amides is 1. The van der Waals surface area contributed by atoms with E-state index in [2.05, 4.69) is 16.6 Å². The van der Waals surface area contributed by atoms with Crippen molar-refractivity contribution in [3.05, 3.63) is 72.3 Å². The van der Waals surface area contributed by atoms with Gasteiger partial charge in [-0.2, -0.15) is 13.2 Å². The molecule has 150 valence electrons. The Balaban J connectivity index is 1.98. The van der Waals surface area contributed by atoms with Gasteiger partial charge < -0.3 is 5.32 Å². The van der Waals surface area contributed by atoms with Gasteiger partial charge in [0.25, 0.3) is 5.91 Å². The third kappa shape index (κ3) is 7.37. The molecule has 0 aliphatic rings. The van der Waals surface area contributed by atoms with Gasteiger partial charge in [0.2, 0.25) is 10.0 Å². The molecule has 5 nitrogen and oxygen atoms in total. The summed E-state index contributed by atoms with van der Waals surface area (Å²) in [5.74, 6) is -0.704. The third-order valence-corrected chi connectivity index (χ3v) is 5.43. The lowest BCUT2D eigenvalue weighted by atomic mass is 10.2. The van der Waals surface area contributed by atoms with E-state index in [1.165, 1.54) is 30.3 Å². The molecule has 2 aromatic rings. The summed E-state index contributed by atoms with van der Waals surface area (Å²) >= 11 is -0.255. The monoisotopic (exact) mass is 430 g/mol. The molecule has 1 amide bonds. The number of nitrogens with one attached hydrogen (secondary N) is 2. The molecule has 28 heavy (non-hydrogen) atoms. The average molecular weight is 430 g/mol. The molecule has 0 spiro atoms. The van der Waals surface area contributed by atoms with Gasteiger partial charge in [-0.1, -0.05) is 18.2 Å². The molecule has 0 heterocycles. The van der Waals surface area contributed by atoms with Crippen molar-refractivity contribution in [3.8, 4) is 0 Å². The molecule has 0 bridgehead atoms. The van der Waals surface area contributed by atoms with Crippen LogP contribution in [0.25, 0.3) is 0 Å². The molecule has 0 saturated heterocycles. The number of benzene rings is 2. The van der Waals surface area contributed by atoms with E-state index in [1.807, 2.05) is 0 Å². The Morgan fingerprint density at radius 3 is 2.21 bits per heavy atom. The molecule has 2 N–H and O–H groups in total. The lowest BCUT2D eigenvalue weighted by molar-refractivity contribution is -0.0328. The van der Waals surface area contributed by atoms with Crippen molar-refractivity contribution in [1.82, 2.24) is 4.72 Å². The number of thioether (sulfide) groups is 1. The fraction of sp³-hybridized carbons (Fsp3) is 0.167. The number of sulfonamides is 1. The maximum atomic E-state index is 12.3. The molecule has 0 aliphatic heterocycles. The molecule has 0 unspecified atom stereocenters. The van der Waals surface area contributed by atoms with Crippen LogP contribution in [0.5, 0.6) is 0 Å². The second-order valence-electron chi connectivity index (χ2n) is 5.62. The van der Waals surface area contributed by atoms with Crippen LogP contribution in [-0.4, -0.2) is 26.4 Å². The van der Waals surface area contributed by atoms with Gasteiger partial charge in [0.05, 0.1) is 5.75 Å². The number of hydrogen-bond acceptors (Lipinski definition) is 4. The fourth-order valence-corrected chi connectivity index (χ4v) is 3.80. The maximum absolute atomic E-state index is 12.3. The van der Waals surface area contributed by atoms with Crippen LogP contribution in [0, 0.1) is 0 Å². The van der Waals surface area contributed by atoms with E-state index in [0.29, 0.717) is 11.3 Å². The van der Waals surface area contributed by atoms with Gasteiger partial charge in [-0.05, 0) is 53.7 Å². The average Bonchev–Trinajstić information content (AvgIpc) is 2.61. The summed E-state index contributed by atoms with van der Waals surface area (Å²) in [5, 5.41) is 2.60. The van der Waals surface area contributed by atoms with Crippen LogP contribution in [0.15, 0.2) is 66.1 Å². The van der Waals surface area contributed by atoms with Crippen molar-refractivity contribution >= 4 is 33.4 Å². The minimum atomic E-state index is -4.39. The molecule has 0 atom stereocenters. The predicted molar refractivity (Wildman–Crippen MR) is 104 cm³/mol. The summed E-state index contributed by atoms with van der Waals surface area (Å²) in [5.41, 5.74) is -3.23. The number of anilines is 1. The van der Waals surface area contributed by atoms with E-state index in [-0.39, 0.29) is 34.5 Å². The summed E-state index contributed by atoms with van der Waals surface area (Å²) in [6, 6.07) is 11.3. The zero-order valence-electron chi connectivity index (χ0n) is 14.5. The smallest absolute Gasteiger partial charge is 0.322 e. The highest BCUT2D eigenvalue weighted by atomic mass is 32.2. The first kappa shape index (κ1) is 22.0. The van der Waals surface area contributed by atoms with Crippen molar-refractivity contribution in [2.45, 2.75) is 16.2 Å². The van der Waals surface area contributed by atoms with E-state index in [0.717, 1.165) is 0 Å². The van der Waals surface area contributed by atoms with Crippen molar-refractivity contribution in [3.63, 3.8) is 0 Å². The molecular formula is C18H17F3N2O3S2. The summed E-state index contributed by atoms with van der Waals surface area (Å²) in [6.07, 6.45) is 1.44. The number of carbonyl (C=O) groups is 1. The summed E-state index contributed by atoms with van der Waals surface area (Å²) < 4.78 is 63.0. The Morgan fingerprint density at radius 2 is 1.68 bits per heavy atom. The number of alkyl halides is 3. The second-order valence-corrected chi connectivity index (χ2v) is 8.56. The largest absolute Gasteiger partial charge is 0.446 e. The highest BCUT2D eigenvalue weighted by Gasteiger charge is 2.29. The number of hydrogen-bond donors (Lipinski definition) is 2. The van der Waals surface area contributed by atoms with Gasteiger partial charge in [0.15, 0.2) is 0 Å². The first-order valence-electron chi connectivity index (χ1n) is 7.92. The van der Waals surface area contributed by atoms with Gasteiger partial charge in [0.1, 0.15) is 0 Å². The second kappa shape index (κ2) is 9.26. The Morgan fingerprint density at radius 1 is 1.07 bits per heavy atom. The Kier molecular flexibility index (Phi) is 7.28. The van der Waals surface area contributed by atoms with Crippen LogP contribution in [0.1, 0.15) is 15.9 Å². The number of halogens is 3. The van der Waals surface area contributed by atoms with Crippen LogP contribution in [0.4, 0.5) is 18.9 Å². The van der Waals surface area contributed by atoms with E-state index in [1.54, 1.807) is 24.3 Å². The fourth-order valence-electron chi connectivity index (χ4n) is 2.15. The molecule has 10 heteroatoms. The van der Waals surface area contributed by atoms with E-state index < -0.39 is 21.4 Å². The van der Waals surface area contributed by atoms with Crippen LogP contribution in [0.3, 0.4) is 0 Å². The van der Waals surface area contributed by atoms with Crippen LogP contribution in [-0.2, 0) is 15.8 Å². The first-order chi connectivity index (χ1) is 13.1. The quantitative estimate of drug-likeness (QED) is 0.487. The maximum Gasteiger partial charge on any atom is 0.446 e. The first-order valence-corrected chi connectivity index (χ1v) is 10.4. The minimum absolute atomic E-state index is 0.0142. The Hall–Kier alpha value is -2.30. The molecule has 2 aromatic carbocycles. The molecule has 0 radical (unpaired) electrons. The van der Waals surface area contributed by atoms with Crippen molar-refractivity contribution in [2.24, 2.45) is 0 Å². The normalized spacial score (nSPS) is 11.8. The van der Waals surface area contributed by atoms with Gasteiger partial charge in [-0.15, -0.1) is 6.58 Å². The number of carbonyl (C=O) groups excluding carboxylic acids is 1. The van der Waals surface area contributed by atoms with Crippen LogP contribution in [0.2, 0.25) is 0 Å². The Bertz CT molecular complexity index is 926. The lowest BCUT2D eigenvalue weighted by Crippen LogP contribution is -2.25. The minimum Gasteiger partial charge on any atom is -0.322 e. The van der Waals surface area contributed by atoms with E-state index >= 15 is 0 Å². The summed E-state index contributed by atoms with van der Waals surface area (Å²) in [7, 11) is -3.48. The number of rotatable bonds is 8. The Labute approximate surface area is 165 Å². The van der Waals surface area contributed by atoms with Gasteiger partial charge in [-0.25, -0.2) is 13.1 Å². The predicted octanol–water partition coefficient (Wildman–Crippen LogP) is 4.16. The zero-order valence-corrected chi connectivity index (χ0v) is 16.1. The van der Waals surface area contributed by atoms with E-state index in [4.69, 9.17) is 0 Å². The summed E-state index contributed by atoms with van der Waals surface area (Å²) in [6.45, 7) is 3.57. The van der Waals surface area contributed by atoms with Crippen molar-refractivity contribution in [2.75, 3.05) is 11.9 Å². The van der Waals surface area contributed by atoms with Crippen molar-refractivity contribution < 1.29 is 26.4 Å². The van der Waals surface area contributed by atoms with Crippen LogP contribution < -0.4 is 10.0 Å². The SMILES string of the molecule is C=CCNS(=O)(=O)Cc1ccc(NC(=O)c2ccc(SC(F)(F)F)cc2)cc1. The highest BCUT2D eigenvalue weighted by molar-refractivity contribution is 8.00. The topological polar surface area (TPSA) is 75.3 Å². The summed E-state index contributed by atoms with van der Waals surface area (Å²) in [4.78, 5) is 12.2. The molecule has 2 rings (SSSR count). The highest BCUT2D eigenvalue weighted by Crippen LogP contribution is 2.36. The molecule has 0 aliphatic carbocycles. The van der Waals surface area contributed by atoms with E-state index in [9.17, 15) is 26.4 Å². The van der Waals surface area contributed by atoms with Gasteiger partial charge >= 0.3 is 5.51 Å². The lowest BCUT2D eigenvalue weighted by Gasteiger charge is -2.09. The zero-order chi connectivity index (χ0) is 20.8. The van der Waals surface area contributed by atoms with Gasteiger partial charge in [-0.3, -0.25) is 4.79 Å². The standard InChI is InChI=1S/C18H17F3N2O3S2/c1-2-11-22-28(25,26)12-13-3-7-15(8-4-13)23-17(24)14-5-9-16(10-6-14)27-18(19,20)21/h2-10,22H,1,11-12H2,(H,23,24). The molecule has 0 aromatic heterocycles. The molecule has 0 saturated carbocycles. The van der Waals surface area contributed by atoms with Crippen molar-refractivity contribution in [1.29, 1.82) is 0 Å². The van der Waals surface area contributed by atoms with Gasteiger partial charge in [0, 0.05) is 22.7 Å².